The summed E-state index contributed by atoms with van der Waals surface area (Å²) in [5.74, 6) is 2.17. The van der Waals surface area contributed by atoms with E-state index in [0.717, 1.165) is 17.9 Å². The van der Waals surface area contributed by atoms with Gasteiger partial charge in [-0.2, -0.15) is 0 Å². The van der Waals surface area contributed by atoms with E-state index in [-0.39, 0.29) is 6.23 Å². The van der Waals surface area contributed by atoms with Crippen LogP contribution in [0.4, 0.5) is 5.69 Å². The first-order chi connectivity index (χ1) is 7.56. The highest BCUT2D eigenvalue weighted by atomic mass is 16.5. The van der Waals surface area contributed by atoms with Gasteiger partial charge in [0.1, 0.15) is 5.75 Å². The number of ether oxygens (including phenoxy) is 1. The zero-order valence-corrected chi connectivity index (χ0v) is 10.6. The summed E-state index contributed by atoms with van der Waals surface area (Å²) in [5.41, 5.74) is 2.53. The molecular formula is C14H21NO. The van der Waals surface area contributed by atoms with Gasteiger partial charge in [-0.15, -0.1) is 0 Å². The zero-order chi connectivity index (χ0) is 11.7. The van der Waals surface area contributed by atoms with Crippen molar-refractivity contribution in [3.8, 4) is 5.75 Å². The second-order valence-corrected chi connectivity index (χ2v) is 5.36. The van der Waals surface area contributed by atoms with E-state index in [1.807, 2.05) is 0 Å². The van der Waals surface area contributed by atoms with Crippen molar-refractivity contribution in [3.05, 3.63) is 23.8 Å². The molecule has 2 heteroatoms. The van der Waals surface area contributed by atoms with Gasteiger partial charge in [0.2, 0.25) is 0 Å². The van der Waals surface area contributed by atoms with E-state index >= 15 is 0 Å². The second-order valence-electron chi connectivity index (χ2n) is 5.36. The van der Waals surface area contributed by atoms with Crippen molar-refractivity contribution in [1.29, 1.82) is 0 Å². The van der Waals surface area contributed by atoms with Crippen molar-refractivity contribution in [2.45, 2.75) is 40.3 Å². The van der Waals surface area contributed by atoms with Crippen molar-refractivity contribution in [2.24, 2.45) is 11.8 Å². The number of hydrogen-bond acceptors (Lipinski definition) is 2. The summed E-state index contributed by atoms with van der Waals surface area (Å²) < 4.78 is 5.82. The summed E-state index contributed by atoms with van der Waals surface area (Å²) in [6, 6.07) is 6.48. The Hall–Kier alpha value is -1.18. The van der Waals surface area contributed by atoms with Crippen LogP contribution in [0, 0.1) is 11.8 Å². The Morgan fingerprint density at radius 2 is 2.00 bits per heavy atom. The zero-order valence-electron chi connectivity index (χ0n) is 10.6. The van der Waals surface area contributed by atoms with E-state index in [0.29, 0.717) is 11.8 Å². The summed E-state index contributed by atoms with van der Waals surface area (Å²) in [7, 11) is 0. The van der Waals surface area contributed by atoms with Crippen LogP contribution in [0.5, 0.6) is 5.75 Å². The largest absolute Gasteiger partial charge is 0.468 e. The van der Waals surface area contributed by atoms with E-state index in [4.69, 9.17) is 4.74 Å². The maximum absolute atomic E-state index is 5.82. The van der Waals surface area contributed by atoms with Gasteiger partial charge in [0, 0.05) is 5.92 Å². The predicted octanol–water partition coefficient (Wildman–Crippen LogP) is 3.67. The molecule has 1 atom stereocenters. The van der Waals surface area contributed by atoms with Crippen LogP contribution >= 0.6 is 0 Å². The third kappa shape index (κ3) is 2.31. The molecule has 1 N–H and O–H groups in total. The molecule has 0 aliphatic carbocycles. The van der Waals surface area contributed by atoms with Crippen molar-refractivity contribution in [1.82, 2.24) is 0 Å². The molecule has 16 heavy (non-hydrogen) atoms. The molecule has 1 aromatic carbocycles. The molecule has 0 saturated carbocycles. The molecule has 0 spiro atoms. The van der Waals surface area contributed by atoms with Crippen LogP contribution in [-0.2, 0) is 6.42 Å². The topological polar surface area (TPSA) is 21.3 Å². The lowest BCUT2D eigenvalue weighted by molar-refractivity contribution is 0.199. The van der Waals surface area contributed by atoms with Gasteiger partial charge >= 0.3 is 0 Å². The number of rotatable bonds is 3. The van der Waals surface area contributed by atoms with E-state index < -0.39 is 0 Å². The molecule has 0 bridgehead atoms. The molecule has 1 aromatic rings. The van der Waals surface area contributed by atoms with E-state index in [9.17, 15) is 0 Å². The first-order valence-electron chi connectivity index (χ1n) is 6.12. The number of benzene rings is 1. The SMILES string of the molecule is CC(C)Cc1ccc2c(c1)NC(C(C)C)O2. The molecule has 0 aromatic heterocycles. The first-order valence-corrected chi connectivity index (χ1v) is 6.12. The third-order valence-corrected chi connectivity index (χ3v) is 2.85. The minimum Gasteiger partial charge on any atom is -0.468 e. The van der Waals surface area contributed by atoms with Crippen LogP contribution in [0.1, 0.15) is 33.3 Å². The highest BCUT2D eigenvalue weighted by Gasteiger charge is 2.24. The van der Waals surface area contributed by atoms with Gasteiger partial charge in [-0.25, -0.2) is 0 Å². The average molecular weight is 219 g/mol. The van der Waals surface area contributed by atoms with Gasteiger partial charge < -0.3 is 10.1 Å². The van der Waals surface area contributed by atoms with Crippen LogP contribution in [0.2, 0.25) is 0 Å². The first kappa shape index (κ1) is 11.3. The monoisotopic (exact) mass is 219 g/mol. The molecular weight excluding hydrogens is 198 g/mol. The van der Waals surface area contributed by atoms with Gasteiger partial charge in [-0.05, 0) is 30.0 Å². The molecule has 2 nitrogen and oxygen atoms in total. The smallest absolute Gasteiger partial charge is 0.172 e. The Morgan fingerprint density at radius 1 is 1.25 bits per heavy atom. The lowest BCUT2D eigenvalue weighted by Gasteiger charge is -2.14. The highest BCUT2D eigenvalue weighted by molar-refractivity contribution is 5.61. The third-order valence-electron chi connectivity index (χ3n) is 2.85. The summed E-state index contributed by atoms with van der Waals surface area (Å²) in [6.07, 6.45) is 1.26. The standard InChI is InChI=1S/C14H21NO/c1-9(2)7-11-5-6-13-12(8-11)15-14(16-13)10(3)4/h5-6,8-10,14-15H,7H2,1-4H3. The van der Waals surface area contributed by atoms with Crippen LogP contribution in [0.15, 0.2) is 18.2 Å². The van der Waals surface area contributed by atoms with Gasteiger partial charge in [0.05, 0.1) is 5.69 Å². The number of anilines is 1. The Labute approximate surface area is 98.0 Å². The fourth-order valence-electron chi connectivity index (χ4n) is 2.01. The van der Waals surface area contributed by atoms with Gasteiger partial charge in [-0.1, -0.05) is 33.8 Å². The average Bonchev–Trinajstić information content (AvgIpc) is 2.59. The minimum atomic E-state index is 0.129. The quantitative estimate of drug-likeness (QED) is 0.837. The Kier molecular flexibility index (Phi) is 3.08. The fraction of sp³-hybridized carbons (Fsp3) is 0.571. The summed E-state index contributed by atoms with van der Waals surface area (Å²) >= 11 is 0. The van der Waals surface area contributed by atoms with Crippen molar-refractivity contribution < 1.29 is 4.74 Å². The van der Waals surface area contributed by atoms with Crippen LogP contribution in [0.3, 0.4) is 0 Å². The second kappa shape index (κ2) is 4.36. The fourth-order valence-corrected chi connectivity index (χ4v) is 2.01. The van der Waals surface area contributed by atoms with Crippen LogP contribution in [-0.4, -0.2) is 6.23 Å². The van der Waals surface area contributed by atoms with Gasteiger partial charge in [0.25, 0.3) is 0 Å². The molecule has 1 unspecified atom stereocenters. The molecule has 0 radical (unpaired) electrons. The normalized spacial score (nSPS) is 18.5. The van der Waals surface area contributed by atoms with Crippen LogP contribution < -0.4 is 10.1 Å². The molecule has 1 aliphatic rings. The Morgan fingerprint density at radius 3 is 2.62 bits per heavy atom. The highest BCUT2D eigenvalue weighted by Crippen LogP contribution is 2.34. The summed E-state index contributed by atoms with van der Waals surface area (Å²) in [4.78, 5) is 0. The summed E-state index contributed by atoms with van der Waals surface area (Å²) in [5, 5.41) is 3.43. The van der Waals surface area contributed by atoms with E-state index in [1.165, 1.54) is 5.56 Å². The van der Waals surface area contributed by atoms with E-state index in [2.05, 4.69) is 51.2 Å². The number of fused-ring (bicyclic) bond motifs is 1. The molecule has 88 valence electrons. The predicted molar refractivity (Wildman–Crippen MR) is 67.9 cm³/mol. The lowest BCUT2D eigenvalue weighted by atomic mass is 10.0. The maximum Gasteiger partial charge on any atom is 0.172 e. The summed E-state index contributed by atoms with van der Waals surface area (Å²) in [6.45, 7) is 8.82. The Balaban J connectivity index is 2.14. The van der Waals surface area contributed by atoms with Crippen molar-refractivity contribution >= 4 is 5.69 Å². The minimum absolute atomic E-state index is 0.129. The molecule has 2 rings (SSSR count). The number of nitrogens with one attached hydrogen (secondary N) is 1. The molecule has 1 aliphatic heterocycles. The number of hydrogen-bond donors (Lipinski definition) is 1. The van der Waals surface area contributed by atoms with Crippen molar-refractivity contribution in [3.63, 3.8) is 0 Å². The van der Waals surface area contributed by atoms with Crippen LogP contribution in [0.25, 0.3) is 0 Å². The lowest BCUT2D eigenvalue weighted by Crippen LogP contribution is -2.26. The van der Waals surface area contributed by atoms with Crippen molar-refractivity contribution in [2.75, 3.05) is 5.32 Å². The molecule has 1 heterocycles. The molecule has 0 amide bonds. The molecule has 0 fully saturated rings. The maximum atomic E-state index is 5.82. The van der Waals surface area contributed by atoms with E-state index in [1.54, 1.807) is 0 Å². The Bertz CT molecular complexity index is 371. The van der Waals surface area contributed by atoms with Gasteiger partial charge in [-0.3, -0.25) is 0 Å². The van der Waals surface area contributed by atoms with Gasteiger partial charge in [0.15, 0.2) is 6.23 Å². The molecule has 0 saturated heterocycles.